The molecular weight excluding hydrogens is 442 g/mol. The second kappa shape index (κ2) is 14.4. The molecule has 0 unspecified atom stereocenters. The van der Waals surface area contributed by atoms with Gasteiger partial charge in [0.2, 0.25) is 5.91 Å². The molecular formula is C28H33N3O4. The number of carbonyl (C=O) groups is 2. The summed E-state index contributed by atoms with van der Waals surface area (Å²) in [6.07, 6.45) is 2.68. The highest BCUT2D eigenvalue weighted by Crippen LogP contribution is 2.16. The minimum Gasteiger partial charge on any atom is -0.494 e. The van der Waals surface area contributed by atoms with Crippen LogP contribution in [0.5, 0.6) is 5.75 Å². The van der Waals surface area contributed by atoms with Crippen LogP contribution in [0, 0.1) is 0 Å². The number of nitrogens with one attached hydrogen (secondary N) is 3. The molecule has 0 spiro atoms. The van der Waals surface area contributed by atoms with E-state index in [2.05, 4.69) is 28.1 Å². The lowest BCUT2D eigenvalue weighted by molar-refractivity contribution is -0.114. The molecule has 0 saturated carbocycles. The third-order valence-electron chi connectivity index (χ3n) is 5.27. The van der Waals surface area contributed by atoms with Gasteiger partial charge in [0.15, 0.2) is 0 Å². The summed E-state index contributed by atoms with van der Waals surface area (Å²) in [6.45, 7) is 1.92. The van der Waals surface area contributed by atoms with E-state index in [1.807, 2.05) is 42.5 Å². The Kier molecular flexibility index (Phi) is 10.6. The number of methoxy groups -OCH3 is 1. The number of rotatable bonds is 14. The molecule has 0 bridgehead atoms. The number of hydrogen-bond donors (Lipinski definition) is 3. The Labute approximate surface area is 206 Å². The largest absolute Gasteiger partial charge is 0.494 e. The van der Waals surface area contributed by atoms with E-state index < -0.39 is 0 Å². The molecule has 0 aliphatic rings. The first-order chi connectivity index (χ1) is 17.1. The Bertz CT molecular complexity index is 1040. The molecule has 3 N–H and O–H groups in total. The fourth-order valence-electron chi connectivity index (χ4n) is 3.39. The highest BCUT2D eigenvalue weighted by molar-refractivity contribution is 5.95. The minimum absolute atomic E-state index is 0.111. The van der Waals surface area contributed by atoms with Crippen LogP contribution in [0.2, 0.25) is 0 Å². The van der Waals surface area contributed by atoms with Crippen molar-refractivity contribution >= 4 is 23.2 Å². The van der Waals surface area contributed by atoms with E-state index in [1.54, 1.807) is 31.4 Å². The predicted octanol–water partition coefficient (Wildman–Crippen LogP) is 4.52. The van der Waals surface area contributed by atoms with Gasteiger partial charge in [-0.25, -0.2) is 0 Å². The molecule has 3 aromatic rings. The fourth-order valence-corrected chi connectivity index (χ4v) is 3.39. The molecule has 184 valence electrons. The van der Waals surface area contributed by atoms with E-state index in [9.17, 15) is 9.59 Å². The average Bonchev–Trinajstić information content (AvgIpc) is 2.89. The summed E-state index contributed by atoms with van der Waals surface area (Å²) in [5.41, 5.74) is 3.34. The van der Waals surface area contributed by atoms with Gasteiger partial charge in [-0.3, -0.25) is 9.59 Å². The van der Waals surface area contributed by atoms with Gasteiger partial charge in [0.25, 0.3) is 5.91 Å². The van der Waals surface area contributed by atoms with Crippen molar-refractivity contribution in [2.24, 2.45) is 0 Å². The summed E-state index contributed by atoms with van der Waals surface area (Å²) in [6, 6.07) is 24.7. The normalized spacial score (nSPS) is 10.4. The standard InChI is InChI=1S/C28H33N3O4/c1-34-19-6-18-29-28(33)23-10-12-24(13-11-23)30-21-27(32)31-25-14-16-26(17-15-25)35-20-5-9-22-7-3-2-4-8-22/h2-4,7-8,10-17,30H,5-6,9,18-21H2,1H3,(H,29,33)(H,31,32). The molecule has 0 radical (unpaired) electrons. The van der Waals surface area contributed by atoms with Crippen LogP contribution >= 0.6 is 0 Å². The lowest BCUT2D eigenvalue weighted by Gasteiger charge is -2.10. The lowest BCUT2D eigenvalue weighted by Crippen LogP contribution is -2.25. The van der Waals surface area contributed by atoms with Crippen molar-refractivity contribution in [3.05, 3.63) is 90.0 Å². The van der Waals surface area contributed by atoms with Crippen molar-refractivity contribution in [1.82, 2.24) is 5.32 Å². The van der Waals surface area contributed by atoms with Crippen LogP contribution in [0.3, 0.4) is 0 Å². The molecule has 7 heteroatoms. The van der Waals surface area contributed by atoms with Crippen molar-refractivity contribution in [2.45, 2.75) is 19.3 Å². The smallest absolute Gasteiger partial charge is 0.251 e. The monoisotopic (exact) mass is 475 g/mol. The average molecular weight is 476 g/mol. The third-order valence-corrected chi connectivity index (χ3v) is 5.27. The maximum atomic E-state index is 12.3. The van der Waals surface area contributed by atoms with Crippen LogP contribution in [-0.4, -0.2) is 45.2 Å². The summed E-state index contributed by atoms with van der Waals surface area (Å²) < 4.78 is 10.8. The van der Waals surface area contributed by atoms with E-state index in [0.29, 0.717) is 31.0 Å². The van der Waals surface area contributed by atoms with Crippen LogP contribution in [0.1, 0.15) is 28.8 Å². The molecule has 0 heterocycles. The van der Waals surface area contributed by atoms with Gasteiger partial charge in [0, 0.05) is 37.2 Å². The number of benzene rings is 3. The molecule has 0 aliphatic heterocycles. The summed E-state index contributed by atoms with van der Waals surface area (Å²) in [5, 5.41) is 8.77. The lowest BCUT2D eigenvalue weighted by atomic mass is 10.1. The first-order valence-corrected chi connectivity index (χ1v) is 11.8. The summed E-state index contributed by atoms with van der Waals surface area (Å²) >= 11 is 0. The minimum atomic E-state index is -0.165. The van der Waals surface area contributed by atoms with Crippen molar-refractivity contribution < 1.29 is 19.1 Å². The van der Waals surface area contributed by atoms with Gasteiger partial charge in [-0.15, -0.1) is 0 Å². The number of aryl methyl sites for hydroxylation is 1. The number of anilines is 2. The maximum Gasteiger partial charge on any atom is 0.251 e. The Morgan fingerprint density at radius 3 is 2.23 bits per heavy atom. The van der Waals surface area contributed by atoms with Gasteiger partial charge in [-0.1, -0.05) is 30.3 Å². The molecule has 0 aliphatic carbocycles. The summed E-state index contributed by atoms with van der Waals surface area (Å²) in [5.74, 6) is 0.479. The molecule has 3 rings (SSSR count). The van der Waals surface area contributed by atoms with E-state index in [0.717, 1.165) is 30.7 Å². The molecule has 35 heavy (non-hydrogen) atoms. The van der Waals surface area contributed by atoms with Gasteiger partial charge in [0.05, 0.1) is 13.2 Å². The Hall–Kier alpha value is -3.84. The third kappa shape index (κ3) is 9.51. The maximum absolute atomic E-state index is 12.3. The quantitative estimate of drug-likeness (QED) is 0.299. The Morgan fingerprint density at radius 1 is 0.800 bits per heavy atom. The number of hydrogen-bond acceptors (Lipinski definition) is 5. The Balaban J connectivity index is 1.34. The second-order valence-corrected chi connectivity index (χ2v) is 8.04. The topological polar surface area (TPSA) is 88.7 Å². The predicted molar refractivity (Wildman–Crippen MR) is 139 cm³/mol. The van der Waals surface area contributed by atoms with Gasteiger partial charge < -0.3 is 25.4 Å². The van der Waals surface area contributed by atoms with Crippen LogP contribution in [0.15, 0.2) is 78.9 Å². The highest BCUT2D eigenvalue weighted by Gasteiger charge is 2.06. The molecule has 2 amide bonds. The van der Waals surface area contributed by atoms with Crippen LogP contribution in [-0.2, 0) is 16.0 Å². The van der Waals surface area contributed by atoms with Crippen LogP contribution < -0.4 is 20.7 Å². The molecule has 7 nitrogen and oxygen atoms in total. The molecule has 0 fully saturated rings. The zero-order chi connectivity index (χ0) is 24.7. The number of ether oxygens (including phenoxy) is 2. The first kappa shape index (κ1) is 25.8. The van der Waals surface area contributed by atoms with Gasteiger partial charge in [-0.2, -0.15) is 0 Å². The van der Waals surface area contributed by atoms with E-state index in [-0.39, 0.29) is 18.4 Å². The first-order valence-electron chi connectivity index (χ1n) is 11.8. The van der Waals surface area contributed by atoms with Gasteiger partial charge >= 0.3 is 0 Å². The summed E-state index contributed by atoms with van der Waals surface area (Å²) in [4.78, 5) is 24.4. The molecule has 3 aromatic carbocycles. The zero-order valence-corrected chi connectivity index (χ0v) is 20.1. The fraction of sp³-hybridized carbons (Fsp3) is 0.286. The number of carbonyl (C=O) groups excluding carboxylic acids is 2. The molecule has 0 saturated heterocycles. The van der Waals surface area contributed by atoms with Crippen LogP contribution in [0.25, 0.3) is 0 Å². The van der Waals surface area contributed by atoms with Crippen molar-refractivity contribution in [2.75, 3.05) is 44.0 Å². The SMILES string of the molecule is COCCCNC(=O)c1ccc(NCC(=O)Nc2ccc(OCCCc3ccccc3)cc2)cc1. The van der Waals surface area contributed by atoms with Crippen molar-refractivity contribution in [3.8, 4) is 5.75 Å². The zero-order valence-electron chi connectivity index (χ0n) is 20.1. The van der Waals surface area contributed by atoms with E-state index >= 15 is 0 Å². The molecule has 0 atom stereocenters. The van der Waals surface area contributed by atoms with Gasteiger partial charge in [0.1, 0.15) is 5.75 Å². The van der Waals surface area contributed by atoms with Gasteiger partial charge in [-0.05, 0) is 73.4 Å². The van der Waals surface area contributed by atoms with E-state index in [1.165, 1.54) is 5.56 Å². The highest BCUT2D eigenvalue weighted by atomic mass is 16.5. The second-order valence-electron chi connectivity index (χ2n) is 8.04. The molecule has 0 aromatic heterocycles. The van der Waals surface area contributed by atoms with E-state index in [4.69, 9.17) is 9.47 Å². The van der Waals surface area contributed by atoms with Crippen molar-refractivity contribution in [3.63, 3.8) is 0 Å². The Morgan fingerprint density at radius 2 is 1.51 bits per heavy atom. The van der Waals surface area contributed by atoms with Crippen molar-refractivity contribution in [1.29, 1.82) is 0 Å². The van der Waals surface area contributed by atoms with Crippen LogP contribution in [0.4, 0.5) is 11.4 Å². The summed E-state index contributed by atoms with van der Waals surface area (Å²) in [7, 11) is 1.63. The number of amides is 2.